The minimum absolute atomic E-state index is 0.260. The predicted octanol–water partition coefficient (Wildman–Crippen LogP) is 3.83. The molecule has 0 spiro atoms. The van der Waals surface area contributed by atoms with Gasteiger partial charge in [0, 0.05) is 6.04 Å². The van der Waals surface area contributed by atoms with Crippen molar-refractivity contribution in [1.29, 1.82) is 0 Å². The third-order valence-electron chi connectivity index (χ3n) is 3.46. The Hall–Kier alpha value is -0.770. The maximum absolute atomic E-state index is 5.65. The van der Waals surface area contributed by atoms with E-state index in [0.29, 0.717) is 28.8 Å². The van der Waals surface area contributed by atoms with E-state index in [2.05, 4.69) is 43.2 Å². The summed E-state index contributed by atoms with van der Waals surface area (Å²) in [5, 5.41) is 11.2. The lowest BCUT2D eigenvalue weighted by Crippen LogP contribution is -2.40. The number of rotatable bonds is 3. The van der Waals surface area contributed by atoms with Gasteiger partial charge in [0.15, 0.2) is 0 Å². The molecule has 1 aliphatic carbocycles. The molecule has 0 aliphatic heterocycles. The molecule has 1 aromatic heterocycles. The van der Waals surface area contributed by atoms with Crippen LogP contribution in [0.25, 0.3) is 0 Å². The van der Waals surface area contributed by atoms with Crippen molar-refractivity contribution >= 4 is 17.6 Å². The molecular weight excluding hydrogens is 250 g/mol. The van der Waals surface area contributed by atoms with Crippen LogP contribution in [0, 0.1) is 10.8 Å². The third-order valence-corrected chi connectivity index (χ3v) is 3.69. The van der Waals surface area contributed by atoms with Crippen molar-refractivity contribution < 1.29 is 4.42 Å². The minimum atomic E-state index is 0.260. The number of nitrogens with one attached hydrogen (secondary N) is 1. The van der Waals surface area contributed by atoms with Crippen LogP contribution >= 0.6 is 11.6 Å². The number of hydrogen-bond acceptors (Lipinski definition) is 4. The summed E-state index contributed by atoms with van der Waals surface area (Å²) in [4.78, 5) is 0. The number of hydrogen-bond donors (Lipinski definition) is 1. The highest BCUT2D eigenvalue weighted by atomic mass is 35.5. The van der Waals surface area contributed by atoms with Crippen molar-refractivity contribution in [2.45, 2.75) is 58.9 Å². The average molecular weight is 272 g/mol. The fraction of sp³-hybridized carbons (Fsp3) is 0.846. The standard InChI is InChI=1S/C13H22ClN3O/c1-12(2)5-9(6-13(3,4)8-12)15-11-17-16-10(7-14)18-11/h9H,5-8H2,1-4H3,(H,15,17). The molecule has 0 saturated heterocycles. The Kier molecular flexibility index (Phi) is 3.58. The molecule has 2 rings (SSSR count). The van der Waals surface area contributed by atoms with Crippen LogP contribution in [0.15, 0.2) is 4.42 Å². The minimum Gasteiger partial charge on any atom is -0.407 e. The van der Waals surface area contributed by atoms with E-state index in [9.17, 15) is 0 Å². The van der Waals surface area contributed by atoms with Gasteiger partial charge in [-0.2, -0.15) is 0 Å². The lowest BCUT2D eigenvalue weighted by Gasteiger charge is -2.44. The van der Waals surface area contributed by atoms with Crippen molar-refractivity contribution in [2.75, 3.05) is 5.32 Å². The van der Waals surface area contributed by atoms with Gasteiger partial charge < -0.3 is 9.73 Å². The Bertz CT molecular complexity index is 398. The molecule has 0 radical (unpaired) electrons. The first-order valence-corrected chi connectivity index (χ1v) is 6.98. The number of aromatic nitrogens is 2. The SMILES string of the molecule is CC1(C)CC(Nc2nnc(CCl)o2)CC(C)(C)C1. The van der Waals surface area contributed by atoms with E-state index in [1.54, 1.807) is 0 Å². The summed E-state index contributed by atoms with van der Waals surface area (Å²) in [6.45, 7) is 9.28. The molecule has 1 aromatic rings. The van der Waals surface area contributed by atoms with E-state index in [4.69, 9.17) is 16.0 Å². The van der Waals surface area contributed by atoms with Crippen molar-refractivity contribution in [3.8, 4) is 0 Å². The molecular formula is C13H22ClN3O. The van der Waals surface area contributed by atoms with E-state index in [0.717, 1.165) is 12.8 Å². The molecule has 0 unspecified atom stereocenters. The molecule has 1 fully saturated rings. The highest BCUT2D eigenvalue weighted by Crippen LogP contribution is 2.46. The molecule has 0 aromatic carbocycles. The van der Waals surface area contributed by atoms with Gasteiger partial charge >= 0.3 is 6.01 Å². The molecule has 18 heavy (non-hydrogen) atoms. The van der Waals surface area contributed by atoms with Crippen molar-refractivity contribution in [2.24, 2.45) is 10.8 Å². The van der Waals surface area contributed by atoms with Gasteiger partial charge in [0.1, 0.15) is 5.88 Å². The van der Waals surface area contributed by atoms with Gasteiger partial charge in [-0.05, 0) is 30.1 Å². The van der Waals surface area contributed by atoms with E-state index >= 15 is 0 Å². The van der Waals surface area contributed by atoms with Crippen molar-refractivity contribution in [3.63, 3.8) is 0 Å². The Morgan fingerprint density at radius 1 is 1.22 bits per heavy atom. The molecule has 1 aliphatic rings. The maximum atomic E-state index is 5.65. The van der Waals surface area contributed by atoms with Crippen LogP contribution in [0.1, 0.15) is 52.8 Å². The molecule has 0 bridgehead atoms. The van der Waals surface area contributed by atoms with Gasteiger partial charge in [-0.25, -0.2) is 0 Å². The van der Waals surface area contributed by atoms with Crippen LogP contribution in [0.4, 0.5) is 6.01 Å². The lowest BCUT2D eigenvalue weighted by atomic mass is 9.63. The van der Waals surface area contributed by atoms with Crippen LogP contribution in [-0.2, 0) is 5.88 Å². The smallest absolute Gasteiger partial charge is 0.315 e. The van der Waals surface area contributed by atoms with Gasteiger partial charge in [0.2, 0.25) is 5.89 Å². The summed E-state index contributed by atoms with van der Waals surface area (Å²) in [5.41, 5.74) is 0.684. The number of nitrogens with zero attached hydrogens (tertiary/aromatic N) is 2. The zero-order valence-electron chi connectivity index (χ0n) is 11.6. The lowest BCUT2D eigenvalue weighted by molar-refractivity contribution is 0.104. The third kappa shape index (κ3) is 3.37. The zero-order chi connectivity index (χ0) is 13.4. The molecule has 1 N–H and O–H groups in total. The van der Waals surface area contributed by atoms with Gasteiger partial charge in [0.25, 0.3) is 0 Å². The predicted molar refractivity (Wildman–Crippen MR) is 72.7 cm³/mol. The van der Waals surface area contributed by atoms with E-state index < -0.39 is 0 Å². The van der Waals surface area contributed by atoms with Gasteiger partial charge in [0.05, 0.1) is 0 Å². The summed E-state index contributed by atoms with van der Waals surface area (Å²) in [7, 11) is 0. The Morgan fingerprint density at radius 3 is 2.33 bits per heavy atom. The Balaban J connectivity index is 2.04. The monoisotopic (exact) mass is 271 g/mol. The second-order valence-electron chi connectivity index (χ2n) is 6.89. The Labute approximate surface area is 113 Å². The van der Waals surface area contributed by atoms with E-state index in [1.165, 1.54) is 6.42 Å². The molecule has 0 amide bonds. The second-order valence-corrected chi connectivity index (χ2v) is 7.16. The Morgan fingerprint density at radius 2 is 1.83 bits per heavy atom. The molecule has 0 atom stereocenters. The number of halogens is 1. The van der Waals surface area contributed by atoms with Gasteiger partial charge in [-0.1, -0.05) is 32.8 Å². The van der Waals surface area contributed by atoms with E-state index in [-0.39, 0.29) is 5.88 Å². The van der Waals surface area contributed by atoms with E-state index in [1.807, 2.05) is 0 Å². The summed E-state index contributed by atoms with van der Waals surface area (Å²) in [6, 6.07) is 0.872. The number of alkyl halides is 1. The first-order chi connectivity index (χ1) is 8.30. The molecule has 102 valence electrons. The highest BCUT2D eigenvalue weighted by Gasteiger charge is 2.38. The largest absolute Gasteiger partial charge is 0.407 e. The molecule has 5 heteroatoms. The van der Waals surface area contributed by atoms with Crippen LogP contribution < -0.4 is 5.32 Å². The molecule has 1 heterocycles. The maximum Gasteiger partial charge on any atom is 0.315 e. The fourth-order valence-corrected chi connectivity index (χ4v) is 3.60. The normalized spacial score (nSPS) is 22.9. The first kappa shape index (κ1) is 13.7. The van der Waals surface area contributed by atoms with Crippen LogP contribution in [0.3, 0.4) is 0 Å². The van der Waals surface area contributed by atoms with Crippen molar-refractivity contribution in [3.05, 3.63) is 5.89 Å². The summed E-state index contributed by atoms with van der Waals surface area (Å²) < 4.78 is 5.41. The quantitative estimate of drug-likeness (QED) is 0.849. The van der Waals surface area contributed by atoms with Crippen LogP contribution in [-0.4, -0.2) is 16.2 Å². The first-order valence-electron chi connectivity index (χ1n) is 6.45. The summed E-state index contributed by atoms with van der Waals surface area (Å²) in [5.74, 6) is 0.726. The summed E-state index contributed by atoms with van der Waals surface area (Å²) in [6.07, 6.45) is 3.49. The molecule has 1 saturated carbocycles. The topological polar surface area (TPSA) is 51.0 Å². The second kappa shape index (κ2) is 4.72. The number of anilines is 1. The van der Waals surface area contributed by atoms with Crippen molar-refractivity contribution in [1.82, 2.24) is 10.2 Å². The summed E-state index contributed by atoms with van der Waals surface area (Å²) >= 11 is 5.65. The van der Waals surface area contributed by atoms with Crippen LogP contribution in [0.2, 0.25) is 0 Å². The van der Waals surface area contributed by atoms with Gasteiger partial charge in [-0.3, -0.25) is 0 Å². The average Bonchev–Trinajstić information content (AvgIpc) is 2.60. The molecule has 4 nitrogen and oxygen atoms in total. The zero-order valence-corrected chi connectivity index (χ0v) is 12.3. The highest BCUT2D eigenvalue weighted by molar-refractivity contribution is 6.16. The van der Waals surface area contributed by atoms with Crippen LogP contribution in [0.5, 0.6) is 0 Å². The van der Waals surface area contributed by atoms with Gasteiger partial charge in [-0.15, -0.1) is 16.7 Å². The fourth-order valence-electron chi connectivity index (χ4n) is 3.49.